The molecule has 1 heterocycles. The standard InChI is InChI=1S/C12H10ClN3O/c13-9-3-1-8(2-4-9)12(17)16-11-6-5-10(14)7-15-11/h1-7H,14H2,(H,15,16,17). The number of rotatable bonds is 2. The van der Waals surface area contributed by atoms with Gasteiger partial charge in [-0.25, -0.2) is 4.98 Å². The van der Waals surface area contributed by atoms with Gasteiger partial charge < -0.3 is 11.1 Å². The van der Waals surface area contributed by atoms with Gasteiger partial charge in [0.1, 0.15) is 5.82 Å². The van der Waals surface area contributed by atoms with Crippen LogP contribution in [-0.2, 0) is 0 Å². The Hall–Kier alpha value is -2.07. The SMILES string of the molecule is Nc1ccc(NC(=O)c2ccc(Cl)cc2)nc1. The van der Waals surface area contributed by atoms with Crippen molar-refractivity contribution in [3.05, 3.63) is 53.2 Å². The van der Waals surface area contributed by atoms with E-state index in [0.29, 0.717) is 22.1 Å². The fourth-order valence-corrected chi connectivity index (χ4v) is 1.39. The second-order valence-electron chi connectivity index (χ2n) is 3.44. The quantitative estimate of drug-likeness (QED) is 0.857. The Bertz CT molecular complexity index is 522. The van der Waals surface area contributed by atoms with Crippen molar-refractivity contribution in [3.8, 4) is 0 Å². The molecule has 0 aliphatic heterocycles. The monoisotopic (exact) mass is 247 g/mol. The third-order valence-electron chi connectivity index (χ3n) is 2.13. The maximum Gasteiger partial charge on any atom is 0.256 e. The van der Waals surface area contributed by atoms with Gasteiger partial charge in [0.05, 0.1) is 11.9 Å². The zero-order chi connectivity index (χ0) is 12.3. The molecule has 0 saturated heterocycles. The number of amides is 1. The molecule has 0 saturated carbocycles. The zero-order valence-corrected chi connectivity index (χ0v) is 9.61. The van der Waals surface area contributed by atoms with Gasteiger partial charge in [0.15, 0.2) is 0 Å². The number of nitrogens with two attached hydrogens (primary N) is 1. The van der Waals surface area contributed by atoms with Crippen LogP contribution < -0.4 is 11.1 Å². The third-order valence-corrected chi connectivity index (χ3v) is 2.39. The van der Waals surface area contributed by atoms with Gasteiger partial charge in [0.25, 0.3) is 5.91 Å². The summed E-state index contributed by atoms with van der Waals surface area (Å²) in [4.78, 5) is 15.8. The van der Waals surface area contributed by atoms with E-state index < -0.39 is 0 Å². The van der Waals surface area contributed by atoms with Crippen LogP contribution in [0.2, 0.25) is 5.02 Å². The van der Waals surface area contributed by atoms with E-state index in [0.717, 1.165) is 0 Å². The first-order valence-electron chi connectivity index (χ1n) is 4.93. The van der Waals surface area contributed by atoms with Gasteiger partial charge in [-0.2, -0.15) is 0 Å². The fraction of sp³-hybridized carbons (Fsp3) is 0. The van der Waals surface area contributed by atoms with Crippen LogP contribution in [0, 0.1) is 0 Å². The molecule has 0 fully saturated rings. The number of hydrogen-bond donors (Lipinski definition) is 2. The summed E-state index contributed by atoms with van der Waals surface area (Å²) in [5.41, 5.74) is 6.57. The highest BCUT2D eigenvalue weighted by molar-refractivity contribution is 6.30. The molecule has 1 amide bonds. The lowest BCUT2D eigenvalue weighted by Crippen LogP contribution is -2.12. The number of carbonyl (C=O) groups is 1. The predicted octanol–water partition coefficient (Wildman–Crippen LogP) is 2.57. The lowest BCUT2D eigenvalue weighted by molar-refractivity contribution is 0.102. The van der Waals surface area contributed by atoms with Crippen molar-refractivity contribution < 1.29 is 4.79 Å². The number of hydrogen-bond acceptors (Lipinski definition) is 3. The fourth-order valence-electron chi connectivity index (χ4n) is 1.27. The smallest absolute Gasteiger partial charge is 0.256 e. The molecule has 0 aliphatic carbocycles. The minimum absolute atomic E-state index is 0.237. The number of nitrogen functional groups attached to an aromatic ring is 1. The Morgan fingerprint density at radius 3 is 2.47 bits per heavy atom. The molecule has 5 heteroatoms. The number of carbonyl (C=O) groups excluding carboxylic acids is 1. The summed E-state index contributed by atoms with van der Waals surface area (Å²) >= 11 is 5.74. The Labute approximate surface area is 103 Å². The van der Waals surface area contributed by atoms with E-state index in [1.807, 2.05) is 0 Å². The lowest BCUT2D eigenvalue weighted by atomic mass is 10.2. The number of halogens is 1. The second-order valence-corrected chi connectivity index (χ2v) is 3.87. The normalized spacial score (nSPS) is 9.94. The topological polar surface area (TPSA) is 68.0 Å². The molecule has 1 aromatic heterocycles. The predicted molar refractivity (Wildman–Crippen MR) is 68.1 cm³/mol. The molecule has 4 nitrogen and oxygen atoms in total. The van der Waals surface area contributed by atoms with Crippen LogP contribution in [0.4, 0.5) is 11.5 Å². The molecule has 17 heavy (non-hydrogen) atoms. The van der Waals surface area contributed by atoms with Gasteiger partial charge in [-0.1, -0.05) is 11.6 Å². The van der Waals surface area contributed by atoms with Crippen molar-refractivity contribution >= 4 is 29.0 Å². The van der Waals surface area contributed by atoms with E-state index >= 15 is 0 Å². The largest absolute Gasteiger partial charge is 0.397 e. The number of anilines is 2. The third kappa shape index (κ3) is 2.95. The first-order chi connectivity index (χ1) is 8.15. The summed E-state index contributed by atoms with van der Waals surface area (Å²) in [6.07, 6.45) is 1.48. The minimum atomic E-state index is -0.237. The van der Waals surface area contributed by atoms with Crippen LogP contribution in [-0.4, -0.2) is 10.9 Å². The van der Waals surface area contributed by atoms with Gasteiger partial charge in [-0.15, -0.1) is 0 Å². The molecule has 3 N–H and O–H groups in total. The van der Waals surface area contributed by atoms with Crippen molar-refractivity contribution in [2.24, 2.45) is 0 Å². The summed E-state index contributed by atoms with van der Waals surface area (Å²) in [6, 6.07) is 9.93. The summed E-state index contributed by atoms with van der Waals surface area (Å²) in [5.74, 6) is 0.220. The van der Waals surface area contributed by atoms with Crippen LogP contribution in [0.5, 0.6) is 0 Å². The van der Waals surface area contributed by atoms with Gasteiger partial charge in [0, 0.05) is 10.6 Å². The van der Waals surface area contributed by atoms with E-state index in [9.17, 15) is 4.79 Å². The molecule has 0 aliphatic rings. The molecular weight excluding hydrogens is 238 g/mol. The lowest BCUT2D eigenvalue weighted by Gasteiger charge is -2.04. The van der Waals surface area contributed by atoms with Crippen LogP contribution in [0.25, 0.3) is 0 Å². The highest BCUT2D eigenvalue weighted by atomic mass is 35.5. The Balaban J connectivity index is 2.11. The molecular formula is C12H10ClN3O. The maximum absolute atomic E-state index is 11.8. The first kappa shape index (κ1) is 11.4. The van der Waals surface area contributed by atoms with E-state index in [4.69, 9.17) is 17.3 Å². The number of aromatic nitrogens is 1. The van der Waals surface area contributed by atoms with E-state index in [2.05, 4.69) is 10.3 Å². The maximum atomic E-state index is 11.8. The van der Waals surface area contributed by atoms with Gasteiger partial charge in [0.2, 0.25) is 0 Å². The molecule has 2 rings (SSSR count). The highest BCUT2D eigenvalue weighted by Crippen LogP contribution is 2.12. The Morgan fingerprint density at radius 1 is 1.18 bits per heavy atom. The Morgan fingerprint density at radius 2 is 1.88 bits per heavy atom. The molecule has 86 valence electrons. The van der Waals surface area contributed by atoms with Gasteiger partial charge in [-0.05, 0) is 36.4 Å². The molecule has 0 atom stereocenters. The van der Waals surface area contributed by atoms with Crippen molar-refractivity contribution in [2.75, 3.05) is 11.1 Å². The molecule has 0 radical (unpaired) electrons. The number of pyridine rings is 1. The molecule has 1 aromatic carbocycles. The zero-order valence-electron chi connectivity index (χ0n) is 8.85. The highest BCUT2D eigenvalue weighted by Gasteiger charge is 2.05. The van der Waals surface area contributed by atoms with Crippen LogP contribution in [0.1, 0.15) is 10.4 Å². The number of benzene rings is 1. The van der Waals surface area contributed by atoms with E-state index in [-0.39, 0.29) is 5.91 Å². The summed E-state index contributed by atoms with van der Waals surface area (Å²) in [7, 11) is 0. The van der Waals surface area contributed by atoms with Crippen molar-refractivity contribution in [1.82, 2.24) is 4.98 Å². The molecule has 0 bridgehead atoms. The van der Waals surface area contributed by atoms with E-state index in [1.165, 1.54) is 6.20 Å². The van der Waals surface area contributed by atoms with Gasteiger partial charge >= 0.3 is 0 Å². The number of nitrogens with one attached hydrogen (secondary N) is 1. The summed E-state index contributed by atoms with van der Waals surface area (Å²) in [5, 5.41) is 3.25. The average Bonchev–Trinajstić information content (AvgIpc) is 2.33. The van der Waals surface area contributed by atoms with Crippen molar-refractivity contribution in [2.45, 2.75) is 0 Å². The molecule has 2 aromatic rings. The average molecular weight is 248 g/mol. The molecule has 0 spiro atoms. The minimum Gasteiger partial charge on any atom is -0.397 e. The summed E-state index contributed by atoms with van der Waals surface area (Å²) in [6.45, 7) is 0. The first-order valence-corrected chi connectivity index (χ1v) is 5.31. The van der Waals surface area contributed by atoms with Crippen molar-refractivity contribution in [1.29, 1.82) is 0 Å². The van der Waals surface area contributed by atoms with Crippen molar-refractivity contribution in [3.63, 3.8) is 0 Å². The van der Waals surface area contributed by atoms with Crippen LogP contribution in [0.3, 0.4) is 0 Å². The van der Waals surface area contributed by atoms with E-state index in [1.54, 1.807) is 36.4 Å². The van der Waals surface area contributed by atoms with Gasteiger partial charge in [-0.3, -0.25) is 4.79 Å². The van der Waals surface area contributed by atoms with Crippen LogP contribution in [0.15, 0.2) is 42.6 Å². The summed E-state index contributed by atoms with van der Waals surface area (Å²) < 4.78 is 0. The molecule has 0 unspecified atom stereocenters. The number of nitrogens with zero attached hydrogens (tertiary/aromatic N) is 1. The second kappa shape index (κ2) is 4.84. The van der Waals surface area contributed by atoms with Crippen LogP contribution >= 0.6 is 11.6 Å². The Kier molecular flexibility index (Phi) is 3.25.